The van der Waals surface area contributed by atoms with Gasteiger partial charge in [-0.05, 0) is 50.3 Å². The standard InChI is InChI=1S/C18H22N2O3S/c1-12(19-15(21)11-16(22)23-2)17-13-7-3-4-8-14(13)24-18(17)20-9-5-6-10-20/h5-6,9-10,12H,3-4,7-8,11H2,1-2H3,(H,19,21)/t12-/m1/s1. The van der Waals surface area contributed by atoms with Crippen LogP contribution in [0.3, 0.4) is 0 Å². The zero-order chi connectivity index (χ0) is 17.1. The van der Waals surface area contributed by atoms with Gasteiger partial charge in [0.25, 0.3) is 0 Å². The number of thiophene rings is 1. The molecular formula is C18H22N2O3S. The van der Waals surface area contributed by atoms with Gasteiger partial charge in [0.05, 0.1) is 13.2 Å². The number of fused-ring (bicyclic) bond motifs is 1. The van der Waals surface area contributed by atoms with Crippen LogP contribution in [-0.4, -0.2) is 23.6 Å². The highest BCUT2D eigenvalue weighted by atomic mass is 32.1. The van der Waals surface area contributed by atoms with Gasteiger partial charge >= 0.3 is 5.97 Å². The molecule has 2 aromatic rings. The van der Waals surface area contributed by atoms with Gasteiger partial charge in [0.1, 0.15) is 11.4 Å². The smallest absolute Gasteiger partial charge is 0.315 e. The van der Waals surface area contributed by atoms with E-state index in [1.165, 1.54) is 36.0 Å². The predicted octanol–water partition coefficient (Wildman–Crippen LogP) is 3.16. The molecule has 2 heterocycles. The van der Waals surface area contributed by atoms with Crippen molar-refractivity contribution >= 4 is 23.2 Å². The summed E-state index contributed by atoms with van der Waals surface area (Å²) in [5.74, 6) is -0.818. The van der Waals surface area contributed by atoms with Gasteiger partial charge in [-0.1, -0.05) is 0 Å². The third-order valence-corrected chi connectivity index (χ3v) is 5.70. The number of hydrogen-bond donors (Lipinski definition) is 1. The molecule has 0 unspecified atom stereocenters. The van der Waals surface area contributed by atoms with Gasteiger partial charge in [-0.15, -0.1) is 11.3 Å². The average molecular weight is 346 g/mol. The van der Waals surface area contributed by atoms with E-state index in [1.54, 1.807) is 0 Å². The fraction of sp³-hybridized carbons (Fsp3) is 0.444. The quantitative estimate of drug-likeness (QED) is 0.668. The van der Waals surface area contributed by atoms with Crippen molar-refractivity contribution in [2.45, 2.75) is 45.1 Å². The monoisotopic (exact) mass is 346 g/mol. The first-order valence-corrected chi connectivity index (χ1v) is 9.05. The number of hydrogen-bond acceptors (Lipinski definition) is 4. The minimum absolute atomic E-state index is 0.141. The Labute approximate surface area is 145 Å². The molecule has 3 rings (SSSR count). The highest BCUT2D eigenvalue weighted by molar-refractivity contribution is 7.15. The van der Waals surface area contributed by atoms with Crippen molar-refractivity contribution in [3.05, 3.63) is 40.5 Å². The van der Waals surface area contributed by atoms with E-state index in [0.29, 0.717) is 0 Å². The summed E-state index contributed by atoms with van der Waals surface area (Å²) in [6, 6.07) is 3.86. The lowest BCUT2D eigenvalue weighted by Crippen LogP contribution is -2.29. The van der Waals surface area contributed by atoms with Crippen LogP contribution in [0.25, 0.3) is 5.00 Å². The highest BCUT2D eigenvalue weighted by Crippen LogP contribution is 2.40. The molecule has 0 saturated carbocycles. The molecule has 128 valence electrons. The molecule has 0 saturated heterocycles. The van der Waals surface area contributed by atoms with Crippen LogP contribution in [0.5, 0.6) is 0 Å². The van der Waals surface area contributed by atoms with Crippen molar-refractivity contribution in [1.29, 1.82) is 0 Å². The Bertz CT molecular complexity index is 734. The number of nitrogens with one attached hydrogen (secondary N) is 1. The van der Waals surface area contributed by atoms with Gasteiger partial charge in [-0.3, -0.25) is 9.59 Å². The Morgan fingerprint density at radius 2 is 2.00 bits per heavy atom. The molecule has 1 aliphatic carbocycles. The van der Waals surface area contributed by atoms with Crippen molar-refractivity contribution in [1.82, 2.24) is 9.88 Å². The summed E-state index contributed by atoms with van der Waals surface area (Å²) in [5.41, 5.74) is 2.56. The molecule has 1 N–H and O–H groups in total. The molecule has 1 atom stereocenters. The second kappa shape index (κ2) is 7.21. The largest absolute Gasteiger partial charge is 0.469 e. The van der Waals surface area contributed by atoms with Crippen LogP contribution >= 0.6 is 11.3 Å². The van der Waals surface area contributed by atoms with Gasteiger partial charge in [-0.25, -0.2) is 0 Å². The van der Waals surface area contributed by atoms with E-state index in [4.69, 9.17) is 0 Å². The lowest BCUT2D eigenvalue weighted by atomic mass is 9.92. The normalized spacial score (nSPS) is 14.8. The molecule has 24 heavy (non-hydrogen) atoms. The first-order valence-electron chi connectivity index (χ1n) is 8.24. The maximum Gasteiger partial charge on any atom is 0.315 e. The van der Waals surface area contributed by atoms with E-state index in [9.17, 15) is 9.59 Å². The fourth-order valence-electron chi connectivity index (χ4n) is 3.25. The molecule has 0 radical (unpaired) electrons. The van der Waals surface area contributed by atoms with E-state index >= 15 is 0 Å². The van der Waals surface area contributed by atoms with Crippen molar-refractivity contribution in [3.8, 4) is 5.00 Å². The highest BCUT2D eigenvalue weighted by Gasteiger charge is 2.26. The third-order valence-electron chi connectivity index (χ3n) is 4.37. The van der Waals surface area contributed by atoms with Crippen molar-refractivity contribution in [3.63, 3.8) is 0 Å². The number of amides is 1. The SMILES string of the molecule is COC(=O)CC(=O)N[C@H](C)c1c(-n2cccc2)sc2c1CCCC2. The number of aromatic nitrogens is 1. The third kappa shape index (κ3) is 3.38. The summed E-state index contributed by atoms with van der Waals surface area (Å²) in [6.07, 6.45) is 8.39. The van der Waals surface area contributed by atoms with Gasteiger partial charge in [0, 0.05) is 22.8 Å². The Morgan fingerprint density at radius 3 is 2.71 bits per heavy atom. The van der Waals surface area contributed by atoms with Crippen molar-refractivity contribution in [2.24, 2.45) is 0 Å². The summed E-state index contributed by atoms with van der Waals surface area (Å²) in [5, 5.41) is 4.12. The summed E-state index contributed by atoms with van der Waals surface area (Å²) < 4.78 is 6.68. The zero-order valence-electron chi connectivity index (χ0n) is 14.0. The second-order valence-corrected chi connectivity index (χ2v) is 7.15. The summed E-state index contributed by atoms with van der Waals surface area (Å²) in [6.45, 7) is 1.99. The van der Waals surface area contributed by atoms with Crippen molar-refractivity contribution < 1.29 is 14.3 Å². The molecule has 0 bridgehead atoms. The first kappa shape index (κ1) is 16.8. The number of aryl methyl sites for hydroxylation is 1. The Morgan fingerprint density at radius 1 is 1.29 bits per heavy atom. The van der Waals surface area contributed by atoms with E-state index < -0.39 is 5.97 Å². The maximum atomic E-state index is 12.1. The van der Waals surface area contributed by atoms with Crippen LogP contribution in [0.2, 0.25) is 0 Å². The van der Waals surface area contributed by atoms with E-state index in [0.717, 1.165) is 17.8 Å². The van der Waals surface area contributed by atoms with Gasteiger partial charge in [0.2, 0.25) is 5.91 Å². The van der Waals surface area contributed by atoms with Gasteiger partial charge in [-0.2, -0.15) is 0 Å². The maximum absolute atomic E-state index is 12.1. The van der Waals surface area contributed by atoms with Crippen LogP contribution < -0.4 is 5.32 Å². The predicted molar refractivity (Wildman–Crippen MR) is 93.5 cm³/mol. The molecule has 6 heteroatoms. The molecule has 0 spiro atoms. The minimum Gasteiger partial charge on any atom is -0.469 e. The summed E-state index contributed by atoms with van der Waals surface area (Å²) in [4.78, 5) is 24.8. The van der Waals surface area contributed by atoms with Crippen LogP contribution in [-0.2, 0) is 27.2 Å². The molecule has 2 aromatic heterocycles. The summed E-state index contributed by atoms with van der Waals surface area (Å²) >= 11 is 1.81. The zero-order valence-corrected chi connectivity index (χ0v) is 14.8. The van der Waals surface area contributed by atoms with E-state index in [1.807, 2.05) is 42.8 Å². The van der Waals surface area contributed by atoms with Gasteiger partial charge in [0.15, 0.2) is 0 Å². The Kier molecular flexibility index (Phi) is 5.04. The summed E-state index contributed by atoms with van der Waals surface area (Å²) in [7, 11) is 1.29. The fourth-order valence-corrected chi connectivity index (χ4v) is 4.70. The molecule has 0 aromatic carbocycles. The number of nitrogens with zero attached hydrogens (tertiary/aromatic N) is 1. The molecule has 5 nitrogen and oxygen atoms in total. The van der Waals surface area contributed by atoms with Crippen LogP contribution in [0, 0.1) is 0 Å². The Balaban J connectivity index is 1.89. The minimum atomic E-state index is -0.516. The molecule has 0 fully saturated rings. The van der Waals surface area contributed by atoms with E-state index in [2.05, 4.69) is 14.6 Å². The topological polar surface area (TPSA) is 60.3 Å². The second-order valence-electron chi connectivity index (χ2n) is 6.06. The number of esters is 1. The average Bonchev–Trinajstić information content (AvgIpc) is 3.21. The van der Waals surface area contributed by atoms with Crippen LogP contribution in [0.15, 0.2) is 24.5 Å². The number of ether oxygens (including phenoxy) is 1. The molecular weight excluding hydrogens is 324 g/mol. The van der Waals surface area contributed by atoms with Gasteiger partial charge < -0.3 is 14.6 Å². The van der Waals surface area contributed by atoms with Crippen LogP contribution in [0.4, 0.5) is 0 Å². The molecule has 1 aliphatic rings. The lowest BCUT2D eigenvalue weighted by Gasteiger charge is -2.19. The molecule has 0 aliphatic heterocycles. The van der Waals surface area contributed by atoms with E-state index in [-0.39, 0.29) is 18.4 Å². The first-order chi connectivity index (χ1) is 11.6. The number of rotatable bonds is 5. The van der Waals surface area contributed by atoms with Crippen molar-refractivity contribution in [2.75, 3.05) is 7.11 Å². The van der Waals surface area contributed by atoms with Crippen LogP contribution in [0.1, 0.15) is 48.2 Å². The number of carbonyl (C=O) groups is 2. The number of methoxy groups -OCH3 is 1. The number of carbonyl (C=O) groups excluding carboxylic acids is 2. The lowest BCUT2D eigenvalue weighted by molar-refractivity contribution is -0.143. The Hall–Kier alpha value is -2.08. The molecule has 1 amide bonds.